The zero-order valence-electron chi connectivity index (χ0n) is 8.49. The number of hydrogen-bond acceptors (Lipinski definition) is 5. The van der Waals surface area contributed by atoms with Crippen molar-refractivity contribution in [2.45, 2.75) is 23.4 Å². The van der Waals surface area contributed by atoms with Crippen molar-refractivity contribution in [3.8, 4) is 0 Å². The van der Waals surface area contributed by atoms with Crippen molar-refractivity contribution in [3.63, 3.8) is 0 Å². The molecule has 0 saturated carbocycles. The van der Waals surface area contributed by atoms with Gasteiger partial charge in [-0.05, 0) is 6.92 Å². The summed E-state index contributed by atoms with van der Waals surface area (Å²) in [5.41, 5.74) is 0. The topological polar surface area (TPSA) is 37.8 Å². The number of rotatable bonds is 6. The van der Waals surface area contributed by atoms with Gasteiger partial charge in [0, 0.05) is 18.3 Å². The van der Waals surface area contributed by atoms with Crippen molar-refractivity contribution in [3.05, 3.63) is 17.7 Å². The second-order valence-corrected chi connectivity index (χ2v) is 5.83. The average molecular weight is 229 g/mol. The van der Waals surface area contributed by atoms with Gasteiger partial charge in [-0.25, -0.2) is 0 Å². The minimum Gasteiger partial charge on any atom is -0.312 e. The summed E-state index contributed by atoms with van der Waals surface area (Å²) in [4.78, 5) is 0. The molecule has 1 aromatic heterocycles. The Bertz CT molecular complexity index is 285. The molecule has 5 heteroatoms. The highest BCUT2D eigenvalue weighted by atomic mass is 32.2. The van der Waals surface area contributed by atoms with Crippen molar-refractivity contribution < 1.29 is 0 Å². The minimum atomic E-state index is 0.516. The van der Waals surface area contributed by atoms with Crippen LogP contribution in [0.4, 0.5) is 0 Å². The second-order valence-electron chi connectivity index (χ2n) is 2.96. The Hall–Kier alpha value is -0.390. The Labute approximate surface area is 93.0 Å². The molecule has 0 spiro atoms. The fourth-order valence-corrected chi connectivity index (χ4v) is 3.02. The molecule has 0 fully saturated rings. The van der Waals surface area contributed by atoms with Gasteiger partial charge in [-0.2, -0.15) is 0 Å². The fraction of sp³-hybridized carbons (Fsp3) is 0.556. The molecule has 1 unspecified atom stereocenters. The lowest BCUT2D eigenvalue weighted by molar-refractivity contribution is 0.740. The summed E-state index contributed by atoms with van der Waals surface area (Å²) in [6.07, 6.45) is 1.87. The highest BCUT2D eigenvalue weighted by Crippen LogP contribution is 2.25. The first-order valence-corrected chi connectivity index (χ1v) is 6.20. The lowest BCUT2D eigenvalue weighted by Gasteiger charge is -2.08. The zero-order chi connectivity index (χ0) is 10.4. The molecule has 0 aliphatic carbocycles. The molecule has 0 saturated heterocycles. The maximum absolute atomic E-state index is 4.07. The molecule has 14 heavy (non-hydrogen) atoms. The first kappa shape index (κ1) is 11.7. The summed E-state index contributed by atoms with van der Waals surface area (Å²) in [7, 11) is 0. The summed E-state index contributed by atoms with van der Waals surface area (Å²) in [6, 6.07) is 0. The molecule has 0 bridgehead atoms. The standard InChI is InChI=1S/C9H15N3S2/c1-4-5-10-6-7(2)13-9-12-11-8(3)14-9/h4,7,10H,1,5-6H2,2-3H3. The van der Waals surface area contributed by atoms with E-state index < -0.39 is 0 Å². The molecule has 1 aromatic rings. The van der Waals surface area contributed by atoms with E-state index in [0.29, 0.717) is 5.25 Å². The van der Waals surface area contributed by atoms with E-state index in [2.05, 4.69) is 29.0 Å². The lowest BCUT2D eigenvalue weighted by Crippen LogP contribution is -2.22. The number of nitrogens with one attached hydrogen (secondary N) is 1. The summed E-state index contributed by atoms with van der Waals surface area (Å²) >= 11 is 3.41. The van der Waals surface area contributed by atoms with Gasteiger partial charge in [0.2, 0.25) is 0 Å². The van der Waals surface area contributed by atoms with Crippen LogP contribution < -0.4 is 5.32 Å². The van der Waals surface area contributed by atoms with E-state index in [1.54, 1.807) is 23.1 Å². The molecule has 1 heterocycles. The molecular weight excluding hydrogens is 214 g/mol. The van der Waals surface area contributed by atoms with E-state index in [4.69, 9.17) is 0 Å². The summed E-state index contributed by atoms with van der Waals surface area (Å²) in [6.45, 7) is 9.64. The Morgan fingerprint density at radius 3 is 3.00 bits per heavy atom. The number of aryl methyl sites for hydroxylation is 1. The largest absolute Gasteiger partial charge is 0.312 e. The van der Waals surface area contributed by atoms with E-state index in [0.717, 1.165) is 22.4 Å². The maximum atomic E-state index is 4.07. The van der Waals surface area contributed by atoms with Crippen molar-refractivity contribution in [1.29, 1.82) is 0 Å². The van der Waals surface area contributed by atoms with Gasteiger partial charge in [0.25, 0.3) is 0 Å². The summed E-state index contributed by atoms with van der Waals surface area (Å²) in [5.74, 6) is 0. The maximum Gasteiger partial charge on any atom is 0.174 e. The highest BCUT2D eigenvalue weighted by Gasteiger charge is 2.07. The minimum absolute atomic E-state index is 0.516. The van der Waals surface area contributed by atoms with E-state index in [9.17, 15) is 0 Å². The molecule has 1 N–H and O–H groups in total. The van der Waals surface area contributed by atoms with Crippen LogP contribution in [0, 0.1) is 6.92 Å². The third-order valence-electron chi connectivity index (χ3n) is 1.53. The van der Waals surface area contributed by atoms with Gasteiger partial charge in [-0.3, -0.25) is 0 Å². The number of hydrogen-bond donors (Lipinski definition) is 1. The van der Waals surface area contributed by atoms with Crippen LogP contribution in [0.3, 0.4) is 0 Å². The van der Waals surface area contributed by atoms with E-state index in [1.165, 1.54) is 0 Å². The Morgan fingerprint density at radius 1 is 1.64 bits per heavy atom. The Balaban J connectivity index is 2.26. The number of thioether (sulfide) groups is 1. The first-order valence-electron chi connectivity index (χ1n) is 4.50. The quantitative estimate of drug-likeness (QED) is 0.460. The van der Waals surface area contributed by atoms with E-state index >= 15 is 0 Å². The third-order valence-corrected chi connectivity index (χ3v) is 3.55. The van der Waals surface area contributed by atoms with Crippen LogP contribution in [0.5, 0.6) is 0 Å². The van der Waals surface area contributed by atoms with Crippen molar-refractivity contribution in [2.24, 2.45) is 0 Å². The normalized spacial score (nSPS) is 12.7. The average Bonchev–Trinajstić information content (AvgIpc) is 2.52. The monoisotopic (exact) mass is 229 g/mol. The molecule has 0 radical (unpaired) electrons. The van der Waals surface area contributed by atoms with Crippen LogP contribution in [-0.2, 0) is 0 Å². The predicted octanol–water partition coefficient (Wildman–Crippen LogP) is 2.10. The SMILES string of the molecule is C=CCNCC(C)Sc1nnc(C)s1. The Morgan fingerprint density at radius 2 is 2.43 bits per heavy atom. The molecule has 0 amide bonds. The van der Waals surface area contributed by atoms with Crippen LogP contribution in [0.2, 0.25) is 0 Å². The van der Waals surface area contributed by atoms with E-state index in [1.807, 2.05) is 13.0 Å². The molecule has 1 rings (SSSR count). The van der Waals surface area contributed by atoms with Gasteiger partial charge in [0.05, 0.1) is 0 Å². The fourth-order valence-electron chi connectivity index (χ4n) is 0.928. The molecule has 1 atom stereocenters. The summed E-state index contributed by atoms with van der Waals surface area (Å²) in [5, 5.41) is 12.9. The van der Waals surface area contributed by atoms with Crippen LogP contribution in [0.15, 0.2) is 17.0 Å². The third kappa shape index (κ3) is 4.21. The molecule has 0 aliphatic rings. The van der Waals surface area contributed by atoms with Crippen LogP contribution in [-0.4, -0.2) is 28.5 Å². The number of nitrogens with zero attached hydrogens (tertiary/aromatic N) is 2. The lowest BCUT2D eigenvalue weighted by atomic mass is 10.4. The van der Waals surface area contributed by atoms with Gasteiger partial charge in [-0.15, -0.1) is 16.8 Å². The van der Waals surface area contributed by atoms with E-state index in [-0.39, 0.29) is 0 Å². The molecule has 78 valence electrons. The van der Waals surface area contributed by atoms with Crippen molar-refractivity contribution in [2.75, 3.05) is 13.1 Å². The molecular formula is C9H15N3S2. The van der Waals surface area contributed by atoms with Gasteiger partial charge >= 0.3 is 0 Å². The molecule has 0 aliphatic heterocycles. The van der Waals surface area contributed by atoms with Crippen molar-refractivity contribution in [1.82, 2.24) is 15.5 Å². The highest BCUT2D eigenvalue weighted by molar-refractivity contribution is 8.01. The second kappa shape index (κ2) is 6.16. The Kier molecular flexibility index (Phi) is 5.14. The van der Waals surface area contributed by atoms with Gasteiger partial charge < -0.3 is 5.32 Å². The van der Waals surface area contributed by atoms with Crippen LogP contribution in [0.25, 0.3) is 0 Å². The molecule has 0 aromatic carbocycles. The van der Waals surface area contributed by atoms with Crippen molar-refractivity contribution >= 4 is 23.1 Å². The summed E-state index contributed by atoms with van der Waals surface area (Å²) < 4.78 is 1.05. The van der Waals surface area contributed by atoms with Gasteiger partial charge in [0.15, 0.2) is 4.34 Å². The number of aromatic nitrogens is 2. The van der Waals surface area contributed by atoms with Gasteiger partial charge in [-0.1, -0.05) is 36.1 Å². The molecule has 3 nitrogen and oxygen atoms in total. The smallest absolute Gasteiger partial charge is 0.174 e. The van der Waals surface area contributed by atoms with Crippen LogP contribution in [0.1, 0.15) is 11.9 Å². The van der Waals surface area contributed by atoms with Gasteiger partial charge in [0.1, 0.15) is 5.01 Å². The first-order chi connectivity index (χ1) is 6.72. The predicted molar refractivity (Wildman–Crippen MR) is 63.0 cm³/mol. The zero-order valence-corrected chi connectivity index (χ0v) is 10.1. The van der Waals surface area contributed by atoms with Crippen LogP contribution >= 0.6 is 23.1 Å².